The number of hydrogen-bond acceptors (Lipinski definition) is 7. The van der Waals surface area contributed by atoms with E-state index in [0.29, 0.717) is 44.9 Å². The summed E-state index contributed by atoms with van der Waals surface area (Å²) in [6.07, 6.45) is 4.50. The number of esters is 1. The van der Waals surface area contributed by atoms with Crippen LogP contribution in [0.2, 0.25) is 5.02 Å². The van der Waals surface area contributed by atoms with E-state index in [1.165, 1.54) is 17.0 Å². The second kappa shape index (κ2) is 11.1. The first-order valence-electron chi connectivity index (χ1n) is 13.9. The van der Waals surface area contributed by atoms with Gasteiger partial charge in [0, 0.05) is 16.0 Å². The number of phenolic OH excluding ortho intramolecular Hbond substituents is 1. The van der Waals surface area contributed by atoms with Crippen molar-refractivity contribution >= 4 is 51.8 Å². The average molecular weight is 595 g/mol. The molecule has 9 heteroatoms. The molecule has 0 saturated carbocycles. The van der Waals surface area contributed by atoms with E-state index >= 15 is 0 Å². The van der Waals surface area contributed by atoms with Crippen LogP contribution in [-0.2, 0) is 14.3 Å². The van der Waals surface area contributed by atoms with Crippen molar-refractivity contribution in [3.63, 3.8) is 0 Å². The topological polar surface area (TPSA) is 114 Å². The van der Waals surface area contributed by atoms with E-state index in [1.807, 2.05) is 19.1 Å². The normalized spacial score (nSPS) is 19.5. The molecule has 1 N–H and O–H groups in total. The summed E-state index contributed by atoms with van der Waals surface area (Å²) in [7, 11) is 0. The summed E-state index contributed by atoms with van der Waals surface area (Å²) in [6.45, 7) is 3.18. The molecule has 2 amide bonds. The van der Waals surface area contributed by atoms with Gasteiger partial charge in [-0.1, -0.05) is 61.0 Å². The summed E-state index contributed by atoms with van der Waals surface area (Å²) in [5, 5.41) is 11.0. The van der Waals surface area contributed by atoms with Crippen molar-refractivity contribution in [3.05, 3.63) is 101 Å². The van der Waals surface area contributed by atoms with Crippen LogP contribution in [0.5, 0.6) is 5.75 Å². The van der Waals surface area contributed by atoms with Crippen LogP contribution in [-0.4, -0.2) is 40.3 Å². The zero-order chi connectivity index (χ0) is 30.4. The molecule has 1 fully saturated rings. The maximum Gasteiger partial charge on any atom is 0.339 e. The Morgan fingerprint density at radius 2 is 1.77 bits per heavy atom. The lowest BCUT2D eigenvalue weighted by Gasteiger charge is -2.22. The molecule has 3 unspecified atom stereocenters. The quantitative estimate of drug-likeness (QED) is 0.120. The lowest BCUT2D eigenvalue weighted by molar-refractivity contribution is -0.122. The fraction of sp³-hybridized carbons (Fsp3) is 0.206. The van der Waals surface area contributed by atoms with Crippen LogP contribution in [0.25, 0.3) is 22.2 Å². The first-order chi connectivity index (χ1) is 20.7. The van der Waals surface area contributed by atoms with Crippen molar-refractivity contribution in [2.45, 2.75) is 20.3 Å². The molecule has 2 heterocycles. The zero-order valence-corrected chi connectivity index (χ0v) is 24.2. The average Bonchev–Trinajstić information content (AvgIpc) is 3.27. The minimum atomic E-state index is -0.741. The van der Waals surface area contributed by atoms with Crippen LogP contribution in [0.1, 0.15) is 39.6 Å². The van der Waals surface area contributed by atoms with E-state index in [-0.39, 0.29) is 46.4 Å². The Morgan fingerprint density at radius 1 is 1.02 bits per heavy atom. The number of carbonyl (C=O) groups is 4. The maximum absolute atomic E-state index is 13.3. The maximum atomic E-state index is 13.3. The number of Topliss-reactive ketones (excluding diaryl/α,β-unsaturated/α-hetero) is 1. The van der Waals surface area contributed by atoms with Gasteiger partial charge in [-0.05, 0) is 61.2 Å². The van der Waals surface area contributed by atoms with Gasteiger partial charge in [0.2, 0.25) is 17.6 Å². The smallest absolute Gasteiger partial charge is 0.339 e. The number of rotatable bonds is 6. The number of nitrogens with zero attached hydrogens (tertiary/aromatic N) is 2. The van der Waals surface area contributed by atoms with Crippen molar-refractivity contribution < 1.29 is 29.0 Å². The van der Waals surface area contributed by atoms with Gasteiger partial charge in [0.15, 0.2) is 6.61 Å². The minimum Gasteiger partial charge on any atom is -0.507 e. The van der Waals surface area contributed by atoms with Crippen LogP contribution < -0.4 is 4.90 Å². The molecule has 3 atom stereocenters. The number of anilines is 1. The number of fused-ring (bicyclic) bond motifs is 2. The van der Waals surface area contributed by atoms with Crippen LogP contribution in [0, 0.1) is 24.7 Å². The molecule has 43 heavy (non-hydrogen) atoms. The van der Waals surface area contributed by atoms with E-state index in [1.54, 1.807) is 61.5 Å². The highest BCUT2D eigenvalue weighted by molar-refractivity contribution is 6.32. The van der Waals surface area contributed by atoms with Gasteiger partial charge in [0.1, 0.15) is 5.75 Å². The molecule has 4 aromatic rings. The number of aromatic hydroxyl groups is 1. The van der Waals surface area contributed by atoms with Crippen LogP contribution in [0.3, 0.4) is 0 Å². The number of aryl methyl sites for hydroxylation is 1. The van der Waals surface area contributed by atoms with Crippen molar-refractivity contribution in [2.24, 2.45) is 17.8 Å². The van der Waals surface area contributed by atoms with Crippen LogP contribution in [0.15, 0.2) is 78.9 Å². The highest BCUT2D eigenvalue weighted by atomic mass is 35.5. The minimum absolute atomic E-state index is 0.0109. The Labute approximate surface area is 252 Å². The van der Waals surface area contributed by atoms with E-state index in [4.69, 9.17) is 21.3 Å². The van der Waals surface area contributed by atoms with Gasteiger partial charge in [-0.3, -0.25) is 19.3 Å². The van der Waals surface area contributed by atoms with Gasteiger partial charge < -0.3 is 9.84 Å². The van der Waals surface area contributed by atoms with Crippen molar-refractivity contribution in [1.29, 1.82) is 0 Å². The molecule has 8 nitrogen and oxygen atoms in total. The van der Waals surface area contributed by atoms with Crippen LogP contribution >= 0.6 is 11.6 Å². The Bertz CT molecular complexity index is 1850. The molecule has 6 rings (SSSR count). The van der Waals surface area contributed by atoms with Crippen molar-refractivity contribution in [2.75, 3.05) is 11.5 Å². The molecule has 1 saturated heterocycles. The van der Waals surface area contributed by atoms with Gasteiger partial charge in [-0.15, -0.1) is 0 Å². The number of para-hydroxylation sites is 1. The first kappa shape index (κ1) is 28.3. The second-order valence-corrected chi connectivity index (χ2v) is 11.3. The highest BCUT2D eigenvalue weighted by Gasteiger charge is 2.50. The fourth-order valence-electron chi connectivity index (χ4n) is 5.90. The number of aromatic nitrogens is 1. The summed E-state index contributed by atoms with van der Waals surface area (Å²) in [4.78, 5) is 58.4. The summed E-state index contributed by atoms with van der Waals surface area (Å²) < 4.78 is 5.39. The largest absolute Gasteiger partial charge is 0.507 e. The van der Waals surface area contributed by atoms with E-state index in [0.717, 1.165) is 0 Å². The predicted molar refractivity (Wildman–Crippen MR) is 162 cm³/mol. The summed E-state index contributed by atoms with van der Waals surface area (Å²) in [5.41, 5.74) is 2.94. The van der Waals surface area contributed by atoms with Gasteiger partial charge in [-0.2, -0.15) is 0 Å². The molecule has 0 radical (unpaired) electrons. The number of amides is 2. The van der Waals surface area contributed by atoms with Gasteiger partial charge in [0.25, 0.3) is 0 Å². The van der Waals surface area contributed by atoms with Crippen LogP contribution in [0.4, 0.5) is 5.69 Å². The van der Waals surface area contributed by atoms with Crippen molar-refractivity contribution in [3.8, 4) is 17.0 Å². The zero-order valence-electron chi connectivity index (χ0n) is 23.4. The first-order valence-corrected chi connectivity index (χ1v) is 14.3. The number of hydrogen-bond donors (Lipinski definition) is 1. The number of benzene rings is 3. The molecule has 1 aliphatic carbocycles. The molecule has 0 bridgehead atoms. The lowest BCUT2D eigenvalue weighted by atomic mass is 9.78. The van der Waals surface area contributed by atoms with Gasteiger partial charge >= 0.3 is 5.97 Å². The number of ketones is 1. The number of allylic oxidation sites excluding steroid dienone is 2. The SMILES string of the molecule is Cc1c(Cl)ccc2c(C(=O)OCC(=O)c3ccccc3O)cc(-c3ccc(N4C(=O)C5CC=CC(C)C5C4=O)cc3)nc12. The molecular formula is C34H27ClN2O6. The van der Waals surface area contributed by atoms with E-state index < -0.39 is 18.4 Å². The molecule has 1 aliphatic heterocycles. The summed E-state index contributed by atoms with van der Waals surface area (Å²) in [6, 6.07) is 17.8. The molecule has 1 aromatic heterocycles. The fourth-order valence-corrected chi connectivity index (χ4v) is 6.05. The molecule has 216 valence electrons. The number of ether oxygens (including phenoxy) is 1. The third-order valence-electron chi connectivity index (χ3n) is 8.22. The van der Waals surface area contributed by atoms with Crippen molar-refractivity contribution in [1.82, 2.24) is 4.98 Å². The summed E-state index contributed by atoms with van der Waals surface area (Å²) >= 11 is 6.39. The number of pyridine rings is 1. The monoisotopic (exact) mass is 594 g/mol. The number of carbonyl (C=O) groups excluding carboxylic acids is 4. The molecule has 2 aliphatic rings. The van der Waals surface area contributed by atoms with Gasteiger partial charge in [-0.25, -0.2) is 9.78 Å². The Morgan fingerprint density at radius 3 is 2.49 bits per heavy atom. The number of imide groups is 1. The van der Waals surface area contributed by atoms with E-state index in [2.05, 4.69) is 0 Å². The predicted octanol–water partition coefficient (Wildman–Crippen LogP) is 6.31. The standard InChI is InChI=1S/C34H27ClN2O6/c1-18-6-5-8-24-30(18)33(41)37(32(24)40)21-12-10-20(11-13-21)27-16-25(22-14-15-26(35)19(2)31(22)36-27)34(42)43-17-29(39)23-7-3-4-9-28(23)38/h3-7,9-16,18,24,30,38H,8,17H2,1-2H3. The lowest BCUT2D eigenvalue weighted by Crippen LogP contribution is -2.31. The number of halogens is 1. The Hall–Kier alpha value is -4.82. The van der Waals surface area contributed by atoms with E-state index in [9.17, 15) is 24.3 Å². The Kier molecular flexibility index (Phi) is 7.31. The molecule has 0 spiro atoms. The number of phenols is 1. The second-order valence-electron chi connectivity index (χ2n) is 10.9. The third kappa shape index (κ3) is 4.97. The highest BCUT2D eigenvalue weighted by Crippen LogP contribution is 2.41. The molecular weight excluding hydrogens is 568 g/mol. The third-order valence-corrected chi connectivity index (χ3v) is 8.63. The molecule has 3 aromatic carbocycles. The Balaban J connectivity index is 1.32. The summed E-state index contributed by atoms with van der Waals surface area (Å²) in [5.74, 6) is -2.61. The van der Waals surface area contributed by atoms with Gasteiger partial charge in [0.05, 0.1) is 39.9 Å².